The summed E-state index contributed by atoms with van der Waals surface area (Å²) in [6.45, 7) is 6.23. The minimum absolute atomic E-state index is 0.0913. The van der Waals surface area contributed by atoms with E-state index in [9.17, 15) is 13.2 Å². The van der Waals surface area contributed by atoms with E-state index in [1.54, 1.807) is 10.6 Å². The number of rotatable bonds is 0. The summed E-state index contributed by atoms with van der Waals surface area (Å²) in [6.07, 6.45) is -1.52. The van der Waals surface area contributed by atoms with E-state index in [0.29, 0.717) is 11.2 Å². The molecule has 4 aromatic rings. The molecule has 0 spiro atoms. The lowest BCUT2D eigenvalue weighted by molar-refractivity contribution is -0.141. The molecule has 25 heavy (non-hydrogen) atoms. The van der Waals surface area contributed by atoms with Gasteiger partial charge < -0.3 is 0 Å². The van der Waals surface area contributed by atoms with Crippen LogP contribution in [0, 0.1) is 0 Å². The number of pyridine rings is 3. The molecule has 0 atom stereocenters. The van der Waals surface area contributed by atoms with E-state index in [1.807, 2.05) is 18.2 Å². The van der Waals surface area contributed by atoms with Crippen molar-refractivity contribution in [2.24, 2.45) is 0 Å². The van der Waals surface area contributed by atoms with Crippen LogP contribution in [0.5, 0.6) is 0 Å². The SMILES string of the molecule is CC(C)(C)c1ccc2c(ccn3c4cnc(C(F)(F)F)cc4nc23)n1. The summed E-state index contributed by atoms with van der Waals surface area (Å²) in [5, 5.41) is 0.792. The van der Waals surface area contributed by atoms with Gasteiger partial charge in [0.05, 0.1) is 22.7 Å². The number of halogens is 3. The van der Waals surface area contributed by atoms with Gasteiger partial charge in [-0.15, -0.1) is 0 Å². The minimum atomic E-state index is -4.49. The summed E-state index contributed by atoms with van der Waals surface area (Å²) < 4.78 is 40.4. The first kappa shape index (κ1) is 15.8. The van der Waals surface area contributed by atoms with Gasteiger partial charge in [-0.3, -0.25) is 9.38 Å². The Balaban J connectivity index is 2.01. The fraction of sp³-hybridized carbons (Fsp3) is 0.278. The van der Waals surface area contributed by atoms with Crippen LogP contribution in [0.25, 0.3) is 27.6 Å². The van der Waals surface area contributed by atoms with Gasteiger partial charge in [0.15, 0.2) is 0 Å². The summed E-state index contributed by atoms with van der Waals surface area (Å²) in [5.74, 6) is 0. The molecule has 0 bridgehead atoms. The molecule has 0 radical (unpaired) electrons. The van der Waals surface area contributed by atoms with Gasteiger partial charge in [-0.05, 0) is 24.3 Å². The molecule has 0 aliphatic carbocycles. The highest BCUT2D eigenvalue weighted by molar-refractivity contribution is 5.96. The average molecular weight is 344 g/mol. The maximum Gasteiger partial charge on any atom is 0.433 e. The molecule has 4 heterocycles. The van der Waals surface area contributed by atoms with E-state index in [-0.39, 0.29) is 10.9 Å². The van der Waals surface area contributed by atoms with Crippen LogP contribution in [0.4, 0.5) is 13.2 Å². The molecule has 4 aromatic heterocycles. The van der Waals surface area contributed by atoms with Crippen molar-refractivity contribution >= 4 is 27.6 Å². The molecular formula is C18H15F3N4. The van der Waals surface area contributed by atoms with Crippen molar-refractivity contribution in [3.63, 3.8) is 0 Å². The Labute approximate surface area is 141 Å². The van der Waals surface area contributed by atoms with E-state index >= 15 is 0 Å². The van der Waals surface area contributed by atoms with Crippen molar-refractivity contribution in [3.05, 3.63) is 48.0 Å². The zero-order valence-corrected chi connectivity index (χ0v) is 13.9. The molecule has 4 rings (SSSR count). The van der Waals surface area contributed by atoms with Crippen LogP contribution in [0.1, 0.15) is 32.2 Å². The second-order valence-electron chi connectivity index (χ2n) is 7.06. The Bertz CT molecular complexity index is 1120. The predicted octanol–water partition coefficient (Wildman–Crippen LogP) is 4.75. The molecule has 128 valence electrons. The molecule has 0 saturated carbocycles. The fourth-order valence-corrected chi connectivity index (χ4v) is 2.84. The first-order valence-electron chi connectivity index (χ1n) is 7.80. The zero-order chi connectivity index (χ0) is 18.0. The summed E-state index contributed by atoms with van der Waals surface area (Å²) in [7, 11) is 0. The molecule has 0 aliphatic rings. The molecule has 0 aromatic carbocycles. The number of hydrogen-bond acceptors (Lipinski definition) is 3. The number of fused-ring (bicyclic) bond motifs is 5. The lowest BCUT2D eigenvalue weighted by Crippen LogP contribution is -2.13. The molecule has 0 aliphatic heterocycles. The van der Waals surface area contributed by atoms with Crippen molar-refractivity contribution in [2.75, 3.05) is 0 Å². The molecule has 0 unspecified atom stereocenters. The fourth-order valence-electron chi connectivity index (χ4n) is 2.84. The van der Waals surface area contributed by atoms with Crippen LogP contribution >= 0.6 is 0 Å². The molecular weight excluding hydrogens is 329 g/mol. The van der Waals surface area contributed by atoms with E-state index in [1.165, 1.54) is 6.20 Å². The molecule has 0 N–H and O–H groups in total. The molecule has 0 amide bonds. The van der Waals surface area contributed by atoms with Crippen LogP contribution in [-0.4, -0.2) is 19.4 Å². The second-order valence-corrected chi connectivity index (χ2v) is 7.06. The van der Waals surface area contributed by atoms with Gasteiger partial charge in [-0.2, -0.15) is 13.2 Å². The summed E-state index contributed by atoms with van der Waals surface area (Å²) in [4.78, 5) is 12.6. The third-order valence-corrected chi connectivity index (χ3v) is 4.18. The first-order valence-corrected chi connectivity index (χ1v) is 7.80. The molecule has 7 heteroatoms. The highest BCUT2D eigenvalue weighted by atomic mass is 19.4. The summed E-state index contributed by atoms with van der Waals surface area (Å²) in [5.41, 5.74) is 2.04. The van der Waals surface area contributed by atoms with E-state index < -0.39 is 11.9 Å². The van der Waals surface area contributed by atoms with Crippen molar-refractivity contribution in [3.8, 4) is 0 Å². The Morgan fingerprint density at radius 3 is 2.36 bits per heavy atom. The number of alkyl halides is 3. The Morgan fingerprint density at radius 1 is 0.920 bits per heavy atom. The van der Waals surface area contributed by atoms with Gasteiger partial charge in [0.2, 0.25) is 0 Å². The van der Waals surface area contributed by atoms with E-state index in [0.717, 1.165) is 22.7 Å². The molecule has 0 fully saturated rings. The maximum absolute atomic E-state index is 12.9. The van der Waals surface area contributed by atoms with Crippen LogP contribution < -0.4 is 0 Å². The minimum Gasteiger partial charge on any atom is -0.298 e. The van der Waals surface area contributed by atoms with Crippen molar-refractivity contribution in [1.82, 2.24) is 19.4 Å². The number of hydrogen-bond donors (Lipinski definition) is 0. The van der Waals surface area contributed by atoms with Gasteiger partial charge in [0, 0.05) is 22.7 Å². The van der Waals surface area contributed by atoms with Gasteiger partial charge in [-0.1, -0.05) is 20.8 Å². The Morgan fingerprint density at radius 2 is 1.68 bits per heavy atom. The van der Waals surface area contributed by atoms with Gasteiger partial charge >= 0.3 is 6.18 Å². The third-order valence-electron chi connectivity index (χ3n) is 4.18. The Hall–Kier alpha value is -2.70. The quantitative estimate of drug-likeness (QED) is 0.462. The smallest absolute Gasteiger partial charge is 0.298 e. The second kappa shape index (κ2) is 4.91. The van der Waals surface area contributed by atoms with Crippen molar-refractivity contribution in [1.29, 1.82) is 0 Å². The molecule has 4 nitrogen and oxygen atoms in total. The zero-order valence-electron chi connectivity index (χ0n) is 13.9. The van der Waals surface area contributed by atoms with Gasteiger partial charge in [-0.25, -0.2) is 9.97 Å². The van der Waals surface area contributed by atoms with Gasteiger partial charge in [0.1, 0.15) is 11.3 Å². The average Bonchev–Trinajstić information content (AvgIpc) is 2.90. The third kappa shape index (κ3) is 2.50. The topological polar surface area (TPSA) is 43.1 Å². The van der Waals surface area contributed by atoms with Crippen LogP contribution in [0.15, 0.2) is 36.7 Å². The van der Waals surface area contributed by atoms with E-state index in [4.69, 9.17) is 0 Å². The Kier molecular flexibility index (Phi) is 3.10. The summed E-state index contributed by atoms with van der Waals surface area (Å²) in [6, 6.07) is 6.67. The summed E-state index contributed by atoms with van der Waals surface area (Å²) >= 11 is 0. The van der Waals surface area contributed by atoms with E-state index in [2.05, 4.69) is 35.7 Å². The van der Waals surface area contributed by atoms with Crippen molar-refractivity contribution in [2.45, 2.75) is 32.4 Å². The standard InChI is InChI=1S/C18H15F3N4/c1-17(2,3)14-5-4-10-11(23-14)6-7-25-13-9-22-15(18(19,20)21)8-12(13)24-16(10)25/h4-9H,1-3H3. The number of nitrogens with zero attached hydrogens (tertiary/aromatic N) is 4. The molecule has 0 saturated heterocycles. The maximum atomic E-state index is 12.9. The largest absolute Gasteiger partial charge is 0.433 e. The highest BCUT2D eigenvalue weighted by Crippen LogP contribution is 2.31. The first-order chi connectivity index (χ1) is 11.6. The van der Waals surface area contributed by atoms with Crippen LogP contribution in [0.3, 0.4) is 0 Å². The van der Waals surface area contributed by atoms with Gasteiger partial charge in [0.25, 0.3) is 0 Å². The lowest BCUT2D eigenvalue weighted by Gasteiger charge is -2.18. The van der Waals surface area contributed by atoms with Crippen LogP contribution in [-0.2, 0) is 11.6 Å². The normalized spacial score (nSPS) is 13.2. The van der Waals surface area contributed by atoms with Crippen molar-refractivity contribution < 1.29 is 13.2 Å². The lowest BCUT2D eigenvalue weighted by atomic mass is 9.91. The number of aromatic nitrogens is 4. The highest BCUT2D eigenvalue weighted by Gasteiger charge is 2.33. The number of imidazole rings is 1. The predicted molar refractivity (Wildman–Crippen MR) is 89.5 cm³/mol. The monoisotopic (exact) mass is 344 g/mol. The van der Waals surface area contributed by atoms with Crippen LogP contribution in [0.2, 0.25) is 0 Å².